The number of aryl methyl sites for hydroxylation is 1. The van der Waals surface area contributed by atoms with Crippen molar-refractivity contribution in [2.75, 3.05) is 26.7 Å². The quantitative estimate of drug-likeness (QED) is 0.339. The van der Waals surface area contributed by atoms with Gasteiger partial charge in [-0.15, -0.1) is 34.2 Å². The molecule has 9 heteroatoms. The summed E-state index contributed by atoms with van der Waals surface area (Å²) in [5, 5.41) is 15.7. The van der Waals surface area contributed by atoms with Crippen LogP contribution in [0.1, 0.15) is 69.4 Å². The highest BCUT2D eigenvalue weighted by Crippen LogP contribution is 2.26. The number of nitrogens with one attached hydrogen (secondary N) is 2. The molecule has 0 bridgehead atoms. The van der Waals surface area contributed by atoms with Gasteiger partial charge >= 0.3 is 0 Å². The average molecular weight is 543 g/mol. The number of aromatic nitrogens is 3. The summed E-state index contributed by atoms with van der Waals surface area (Å²) in [5.74, 6) is 3.64. The summed E-state index contributed by atoms with van der Waals surface area (Å²) in [5.41, 5.74) is 0. The lowest BCUT2D eigenvalue weighted by molar-refractivity contribution is -0.135. The fraction of sp³-hybridized carbons (Fsp3) is 0.818. The van der Waals surface area contributed by atoms with Crippen molar-refractivity contribution in [3.05, 3.63) is 11.6 Å². The van der Waals surface area contributed by atoms with E-state index >= 15 is 0 Å². The van der Waals surface area contributed by atoms with Gasteiger partial charge in [0.25, 0.3) is 0 Å². The first kappa shape index (κ1) is 24.3. The van der Waals surface area contributed by atoms with E-state index in [9.17, 15) is 4.79 Å². The van der Waals surface area contributed by atoms with Crippen molar-refractivity contribution < 1.29 is 4.79 Å². The van der Waals surface area contributed by atoms with E-state index in [1.807, 2.05) is 0 Å². The first-order valence-electron chi connectivity index (χ1n) is 11.9. The van der Waals surface area contributed by atoms with Crippen LogP contribution in [0.15, 0.2) is 4.99 Å². The van der Waals surface area contributed by atoms with E-state index in [1.54, 1.807) is 7.05 Å². The molecule has 1 atom stereocenters. The number of carbonyl (C=O) groups excluding carboxylic acids is 1. The summed E-state index contributed by atoms with van der Waals surface area (Å²) >= 11 is 0. The maximum atomic E-state index is 12.8. The van der Waals surface area contributed by atoms with Gasteiger partial charge in [-0.05, 0) is 32.1 Å². The minimum absolute atomic E-state index is 0. The van der Waals surface area contributed by atoms with Gasteiger partial charge < -0.3 is 20.1 Å². The van der Waals surface area contributed by atoms with E-state index in [0.29, 0.717) is 5.91 Å². The topological polar surface area (TPSA) is 87.4 Å². The zero-order valence-electron chi connectivity index (χ0n) is 18.8. The second-order valence-corrected chi connectivity index (χ2v) is 8.99. The van der Waals surface area contributed by atoms with Crippen LogP contribution in [0.3, 0.4) is 0 Å². The van der Waals surface area contributed by atoms with Gasteiger partial charge in [-0.1, -0.05) is 25.7 Å². The van der Waals surface area contributed by atoms with E-state index in [-0.39, 0.29) is 35.9 Å². The molecule has 0 spiro atoms. The summed E-state index contributed by atoms with van der Waals surface area (Å²) in [7, 11) is 1.80. The Bertz CT molecular complexity index is 744. The molecule has 2 fully saturated rings. The number of amides is 1. The monoisotopic (exact) mass is 543 g/mol. The lowest BCUT2D eigenvalue weighted by Crippen LogP contribution is -2.46. The third-order valence-electron chi connectivity index (χ3n) is 6.85. The molecule has 1 aromatic heterocycles. The predicted octanol–water partition coefficient (Wildman–Crippen LogP) is 2.51. The third-order valence-corrected chi connectivity index (χ3v) is 6.85. The van der Waals surface area contributed by atoms with Crippen LogP contribution in [-0.2, 0) is 24.2 Å². The lowest BCUT2D eigenvalue weighted by Gasteiger charge is -2.26. The second kappa shape index (κ2) is 12.0. The van der Waals surface area contributed by atoms with Crippen LogP contribution in [0.25, 0.3) is 0 Å². The van der Waals surface area contributed by atoms with Gasteiger partial charge in [0.1, 0.15) is 11.6 Å². The molecule has 4 rings (SSSR count). The van der Waals surface area contributed by atoms with Crippen LogP contribution in [0.2, 0.25) is 0 Å². The zero-order valence-corrected chi connectivity index (χ0v) is 21.1. The molecular formula is C22H38IN7O. The molecule has 1 aliphatic carbocycles. The number of aliphatic imine (C=N–C) groups is 1. The van der Waals surface area contributed by atoms with Gasteiger partial charge in [-0.2, -0.15) is 0 Å². The second-order valence-electron chi connectivity index (χ2n) is 8.99. The molecule has 3 heterocycles. The Morgan fingerprint density at radius 3 is 2.68 bits per heavy atom. The lowest BCUT2D eigenvalue weighted by atomic mass is 9.88. The molecule has 0 radical (unpaired) electrons. The first-order chi connectivity index (χ1) is 14.7. The minimum atomic E-state index is 0. The Balaban J connectivity index is 0.00000272. The van der Waals surface area contributed by atoms with Gasteiger partial charge in [0.05, 0.1) is 0 Å². The van der Waals surface area contributed by atoms with Crippen LogP contribution in [0.5, 0.6) is 0 Å². The van der Waals surface area contributed by atoms with Gasteiger partial charge in [0.15, 0.2) is 5.96 Å². The third kappa shape index (κ3) is 6.32. The highest BCUT2D eigenvalue weighted by Gasteiger charge is 2.31. The van der Waals surface area contributed by atoms with Crippen molar-refractivity contribution in [1.82, 2.24) is 30.3 Å². The Kier molecular flexibility index (Phi) is 9.40. The van der Waals surface area contributed by atoms with E-state index in [0.717, 1.165) is 75.9 Å². The number of fused-ring (bicyclic) bond motifs is 1. The molecular weight excluding hydrogens is 505 g/mol. The number of hydrogen-bond donors (Lipinski definition) is 2. The number of halogens is 1. The molecule has 31 heavy (non-hydrogen) atoms. The number of rotatable bonds is 5. The summed E-state index contributed by atoms with van der Waals surface area (Å²) in [6.45, 7) is 3.45. The van der Waals surface area contributed by atoms with Crippen molar-refractivity contribution in [3.63, 3.8) is 0 Å². The van der Waals surface area contributed by atoms with Gasteiger partial charge in [0.2, 0.25) is 5.91 Å². The molecule has 3 aliphatic rings. The first-order valence-corrected chi connectivity index (χ1v) is 11.9. The van der Waals surface area contributed by atoms with Gasteiger partial charge in [-0.3, -0.25) is 9.79 Å². The Labute approximate surface area is 203 Å². The fourth-order valence-electron chi connectivity index (χ4n) is 5.10. The molecule has 1 saturated heterocycles. The highest BCUT2D eigenvalue weighted by atomic mass is 127. The van der Waals surface area contributed by atoms with E-state index in [4.69, 9.17) is 0 Å². The fourth-order valence-corrected chi connectivity index (χ4v) is 5.10. The number of nitrogens with zero attached hydrogens (tertiary/aromatic N) is 5. The van der Waals surface area contributed by atoms with E-state index < -0.39 is 0 Å². The normalized spacial score (nSPS) is 22.4. The maximum absolute atomic E-state index is 12.8. The van der Waals surface area contributed by atoms with Crippen molar-refractivity contribution in [3.8, 4) is 0 Å². The predicted molar refractivity (Wildman–Crippen MR) is 133 cm³/mol. The van der Waals surface area contributed by atoms with Crippen molar-refractivity contribution in [2.45, 2.75) is 83.2 Å². The molecule has 0 aromatic carbocycles. The van der Waals surface area contributed by atoms with Crippen molar-refractivity contribution in [1.29, 1.82) is 0 Å². The average Bonchev–Trinajstić information content (AvgIpc) is 3.33. The van der Waals surface area contributed by atoms with Crippen LogP contribution >= 0.6 is 24.0 Å². The largest absolute Gasteiger partial charge is 0.356 e. The van der Waals surface area contributed by atoms with Crippen LogP contribution < -0.4 is 10.6 Å². The molecule has 2 aliphatic heterocycles. The Morgan fingerprint density at radius 2 is 1.87 bits per heavy atom. The molecule has 2 N–H and O–H groups in total. The molecule has 1 aromatic rings. The van der Waals surface area contributed by atoms with Crippen molar-refractivity contribution >= 4 is 35.8 Å². The van der Waals surface area contributed by atoms with Crippen LogP contribution in [-0.4, -0.2) is 64.3 Å². The van der Waals surface area contributed by atoms with Crippen LogP contribution in [0.4, 0.5) is 0 Å². The number of hydrogen-bond acceptors (Lipinski definition) is 4. The standard InChI is InChI=1S/C22H37N7O.HI/c1-23-22(24-13-11-20-27-26-19-10-6-3-7-14-29(19)20)25-18-12-15-28(16-18)21(30)17-8-4-2-5-9-17;/h17-18H,2-16H2,1H3,(H2,23,24,25);1H. The SMILES string of the molecule is CN=C(NCCc1nnc2n1CCCCC2)NC1CCN(C(=O)C2CCCCC2)C1.I. The van der Waals surface area contributed by atoms with E-state index in [2.05, 4.69) is 35.3 Å². The minimum Gasteiger partial charge on any atom is -0.356 e. The molecule has 174 valence electrons. The molecule has 1 amide bonds. The summed E-state index contributed by atoms with van der Waals surface area (Å²) in [4.78, 5) is 19.2. The smallest absolute Gasteiger partial charge is 0.225 e. The van der Waals surface area contributed by atoms with E-state index in [1.165, 1.54) is 38.5 Å². The van der Waals surface area contributed by atoms with Gasteiger partial charge in [-0.25, -0.2) is 0 Å². The Hall–Kier alpha value is -1.39. The molecule has 8 nitrogen and oxygen atoms in total. The summed E-state index contributed by atoms with van der Waals surface area (Å²) < 4.78 is 2.30. The molecule has 1 saturated carbocycles. The maximum Gasteiger partial charge on any atom is 0.225 e. The van der Waals surface area contributed by atoms with Crippen LogP contribution in [0, 0.1) is 5.92 Å². The summed E-state index contributed by atoms with van der Waals surface area (Å²) in [6.07, 6.45) is 12.4. The molecule has 1 unspecified atom stereocenters. The summed E-state index contributed by atoms with van der Waals surface area (Å²) in [6, 6.07) is 0.271. The highest BCUT2D eigenvalue weighted by molar-refractivity contribution is 14.0. The Morgan fingerprint density at radius 1 is 1.06 bits per heavy atom. The van der Waals surface area contributed by atoms with Gasteiger partial charge in [0, 0.05) is 58.0 Å². The zero-order chi connectivity index (χ0) is 20.8. The van der Waals surface area contributed by atoms with Crippen molar-refractivity contribution in [2.24, 2.45) is 10.9 Å². The number of likely N-dealkylation sites (tertiary alicyclic amines) is 1. The number of guanidine groups is 1. The number of carbonyl (C=O) groups is 1.